The van der Waals surface area contributed by atoms with Gasteiger partial charge in [0.2, 0.25) is 0 Å². The molecule has 0 spiro atoms. The van der Waals surface area contributed by atoms with Crippen molar-refractivity contribution in [3.8, 4) is 0 Å². The summed E-state index contributed by atoms with van der Waals surface area (Å²) in [6.07, 6.45) is 12.9. The number of rotatable bonds is 10. The minimum absolute atomic E-state index is 0.802. The molecule has 14 heavy (non-hydrogen) atoms. The Hall–Kier alpha value is -0.260. The lowest BCUT2D eigenvalue weighted by atomic mass is 10.0. The van der Waals surface area contributed by atoms with E-state index in [0.29, 0.717) is 0 Å². The summed E-state index contributed by atoms with van der Waals surface area (Å²) in [5.74, 6) is 0. The molecule has 0 aromatic carbocycles. The largest absolute Gasteiger partial charge is 0.0702 e. The van der Waals surface area contributed by atoms with Crippen LogP contribution in [0.4, 0.5) is 0 Å². The Morgan fingerprint density at radius 3 is 1.93 bits per heavy atom. The summed E-state index contributed by atoms with van der Waals surface area (Å²) in [4.78, 5) is 0. The van der Waals surface area contributed by atoms with Crippen molar-refractivity contribution in [1.82, 2.24) is 0 Å². The van der Waals surface area contributed by atoms with Crippen LogP contribution in [0, 0.1) is 13.5 Å². The first-order valence-electron chi connectivity index (χ1n) is 6.20. The zero-order valence-corrected chi connectivity index (χ0v) is 9.86. The molecule has 82 valence electrons. The van der Waals surface area contributed by atoms with Crippen LogP contribution in [-0.4, -0.2) is 0 Å². The lowest BCUT2D eigenvalue weighted by Gasteiger charge is -2.02. The fourth-order valence-corrected chi connectivity index (χ4v) is 1.61. The Balaban J connectivity index is 2.95. The zero-order valence-electron chi connectivity index (χ0n) is 9.86. The van der Waals surface area contributed by atoms with Gasteiger partial charge in [-0.25, -0.2) is 0 Å². The fourth-order valence-electron chi connectivity index (χ4n) is 1.61. The Kier molecular flexibility index (Phi) is 10.6. The van der Waals surface area contributed by atoms with E-state index in [1.165, 1.54) is 51.4 Å². The van der Waals surface area contributed by atoms with Gasteiger partial charge in [0, 0.05) is 0 Å². The van der Waals surface area contributed by atoms with Crippen molar-refractivity contribution in [3.05, 3.63) is 19.1 Å². The van der Waals surface area contributed by atoms with Crippen molar-refractivity contribution >= 4 is 0 Å². The summed E-state index contributed by atoms with van der Waals surface area (Å²) in [5, 5.41) is 0. The molecule has 0 heteroatoms. The van der Waals surface area contributed by atoms with E-state index >= 15 is 0 Å². The molecule has 0 N–H and O–H groups in total. The Morgan fingerprint density at radius 2 is 1.43 bits per heavy atom. The van der Waals surface area contributed by atoms with Crippen LogP contribution in [0.2, 0.25) is 0 Å². The normalized spacial score (nSPS) is 10.4. The lowest BCUT2D eigenvalue weighted by molar-refractivity contribution is 0.574. The Morgan fingerprint density at radius 1 is 0.929 bits per heavy atom. The highest BCUT2D eigenvalue weighted by molar-refractivity contribution is 4.91. The highest BCUT2D eigenvalue weighted by Gasteiger charge is 1.93. The predicted octanol–water partition coefficient (Wildman–Crippen LogP) is 5.10. The molecule has 0 bridgehead atoms. The molecule has 0 aliphatic carbocycles. The van der Waals surface area contributed by atoms with Crippen molar-refractivity contribution < 1.29 is 0 Å². The second-order valence-corrected chi connectivity index (χ2v) is 4.13. The van der Waals surface area contributed by atoms with E-state index in [1.807, 2.05) is 0 Å². The fraction of sp³-hybridized carbons (Fsp3) is 0.786. The van der Waals surface area contributed by atoms with Gasteiger partial charge >= 0.3 is 0 Å². The number of unbranched alkanes of at least 4 members (excludes halogenated alkanes) is 7. The topological polar surface area (TPSA) is 0 Å². The molecule has 0 rings (SSSR count). The second kappa shape index (κ2) is 10.8. The molecule has 0 atom stereocenters. The number of allylic oxidation sites excluding steroid dienone is 1. The van der Waals surface area contributed by atoms with E-state index in [9.17, 15) is 0 Å². The van der Waals surface area contributed by atoms with Crippen LogP contribution in [0.25, 0.3) is 0 Å². The molecule has 0 aromatic heterocycles. The van der Waals surface area contributed by atoms with Crippen LogP contribution < -0.4 is 0 Å². The van der Waals surface area contributed by atoms with E-state index in [2.05, 4.69) is 13.8 Å². The highest BCUT2D eigenvalue weighted by atomic mass is 14.0. The molecule has 0 aromatic rings. The molecule has 0 saturated heterocycles. The first-order valence-corrected chi connectivity index (χ1v) is 6.20. The third kappa shape index (κ3) is 9.83. The minimum atomic E-state index is 0.802. The predicted molar refractivity (Wildman–Crippen MR) is 65.0 cm³/mol. The average molecular weight is 194 g/mol. The monoisotopic (exact) mass is 194 g/mol. The van der Waals surface area contributed by atoms with Crippen LogP contribution in [0.3, 0.4) is 0 Å². The Bertz CT molecular complexity index is 124. The van der Waals surface area contributed by atoms with Crippen LogP contribution >= 0.6 is 0 Å². The summed E-state index contributed by atoms with van der Waals surface area (Å²) in [7, 11) is 0. The average Bonchev–Trinajstić information content (AvgIpc) is 2.21. The van der Waals surface area contributed by atoms with E-state index in [0.717, 1.165) is 18.4 Å². The molecular formula is C14H26. The lowest BCUT2D eigenvalue weighted by Crippen LogP contribution is -1.83. The molecule has 0 nitrogen and oxygen atoms in total. The van der Waals surface area contributed by atoms with Gasteiger partial charge in [-0.2, -0.15) is 0 Å². The molecule has 0 aliphatic heterocycles. The second-order valence-electron chi connectivity index (χ2n) is 4.13. The summed E-state index contributed by atoms with van der Waals surface area (Å²) in [6.45, 7) is 11.7. The van der Waals surface area contributed by atoms with Gasteiger partial charge in [-0.1, -0.05) is 64.0 Å². The van der Waals surface area contributed by atoms with E-state index in [-0.39, 0.29) is 0 Å². The molecule has 0 heterocycles. The van der Waals surface area contributed by atoms with Gasteiger partial charge in [0.15, 0.2) is 0 Å². The van der Waals surface area contributed by atoms with Gasteiger partial charge in [0.05, 0.1) is 0 Å². The van der Waals surface area contributed by atoms with Gasteiger partial charge in [0.1, 0.15) is 0 Å². The number of hydrogen-bond donors (Lipinski definition) is 0. The van der Waals surface area contributed by atoms with Gasteiger partial charge in [-0.15, -0.1) is 0 Å². The summed E-state index contributed by atoms with van der Waals surface area (Å²) >= 11 is 0. The summed E-state index contributed by atoms with van der Waals surface area (Å²) in [5.41, 5.74) is 1.07. The molecular weight excluding hydrogens is 168 g/mol. The van der Waals surface area contributed by atoms with E-state index in [4.69, 9.17) is 6.58 Å². The third-order valence-electron chi connectivity index (χ3n) is 2.67. The van der Waals surface area contributed by atoms with Gasteiger partial charge in [-0.05, 0) is 26.2 Å². The quantitative estimate of drug-likeness (QED) is 0.424. The van der Waals surface area contributed by atoms with Gasteiger partial charge in [0.25, 0.3) is 0 Å². The van der Waals surface area contributed by atoms with Crippen LogP contribution in [0.1, 0.15) is 71.1 Å². The summed E-state index contributed by atoms with van der Waals surface area (Å²) in [6, 6.07) is 0. The first-order chi connectivity index (χ1) is 6.81. The summed E-state index contributed by atoms with van der Waals surface area (Å²) < 4.78 is 0. The standard InChI is InChI=1S/C14H26/c1-4-6-7-8-9-10-11-12-13-14(3)5-2/h3H,2,4-13H2,1H3. The van der Waals surface area contributed by atoms with Crippen molar-refractivity contribution in [2.45, 2.75) is 71.1 Å². The molecule has 2 radical (unpaired) electrons. The SMILES string of the molecule is [CH]=C(C[CH2])CCCCCCCCCC. The Labute approximate surface area is 90.8 Å². The molecule has 0 saturated carbocycles. The van der Waals surface area contributed by atoms with Crippen molar-refractivity contribution in [3.63, 3.8) is 0 Å². The maximum atomic E-state index is 5.71. The molecule has 0 amide bonds. The van der Waals surface area contributed by atoms with Crippen molar-refractivity contribution in [1.29, 1.82) is 0 Å². The van der Waals surface area contributed by atoms with E-state index in [1.54, 1.807) is 0 Å². The maximum absolute atomic E-state index is 5.71. The van der Waals surface area contributed by atoms with Crippen molar-refractivity contribution in [2.24, 2.45) is 0 Å². The molecule has 0 aliphatic rings. The highest BCUT2D eigenvalue weighted by Crippen LogP contribution is 2.12. The molecule has 0 fully saturated rings. The number of hydrogen-bond acceptors (Lipinski definition) is 0. The minimum Gasteiger partial charge on any atom is -0.0702 e. The van der Waals surface area contributed by atoms with E-state index < -0.39 is 0 Å². The zero-order chi connectivity index (χ0) is 10.6. The van der Waals surface area contributed by atoms with Crippen LogP contribution in [0.15, 0.2) is 5.57 Å². The third-order valence-corrected chi connectivity index (χ3v) is 2.67. The van der Waals surface area contributed by atoms with Crippen molar-refractivity contribution in [2.75, 3.05) is 0 Å². The molecule has 0 unspecified atom stereocenters. The van der Waals surface area contributed by atoms with Gasteiger partial charge in [-0.3, -0.25) is 0 Å². The van der Waals surface area contributed by atoms with Crippen LogP contribution in [0.5, 0.6) is 0 Å². The van der Waals surface area contributed by atoms with Crippen LogP contribution in [-0.2, 0) is 0 Å². The smallest absolute Gasteiger partial charge is 0.0317 e. The first kappa shape index (κ1) is 13.7. The maximum Gasteiger partial charge on any atom is -0.0317 e. The van der Waals surface area contributed by atoms with Gasteiger partial charge < -0.3 is 0 Å².